The topological polar surface area (TPSA) is 57.5 Å². The van der Waals surface area contributed by atoms with Gasteiger partial charge in [-0.15, -0.1) is 0 Å². The molecule has 152 valence electrons. The summed E-state index contributed by atoms with van der Waals surface area (Å²) in [5.74, 6) is 1.88. The van der Waals surface area contributed by atoms with E-state index in [4.69, 9.17) is 5.11 Å². The van der Waals surface area contributed by atoms with Crippen LogP contribution in [-0.2, 0) is 4.79 Å². The number of aliphatic carboxylic acids is 1. The van der Waals surface area contributed by atoms with Crippen LogP contribution in [0.25, 0.3) is 0 Å². The molecule has 0 unspecified atom stereocenters. The highest BCUT2D eigenvalue weighted by molar-refractivity contribution is 5.80. The summed E-state index contributed by atoms with van der Waals surface area (Å²) in [6, 6.07) is 0. The van der Waals surface area contributed by atoms with E-state index in [0.29, 0.717) is 35.5 Å². The van der Waals surface area contributed by atoms with Crippen molar-refractivity contribution in [3.8, 4) is 0 Å². The van der Waals surface area contributed by atoms with Crippen molar-refractivity contribution in [2.24, 2.45) is 35.5 Å². The number of unbranched alkanes of at least 4 members (excludes halogenated alkanes) is 2. The van der Waals surface area contributed by atoms with Gasteiger partial charge >= 0.3 is 5.97 Å². The van der Waals surface area contributed by atoms with Crippen LogP contribution in [0, 0.1) is 35.5 Å². The van der Waals surface area contributed by atoms with Gasteiger partial charge < -0.3 is 10.2 Å². The van der Waals surface area contributed by atoms with Gasteiger partial charge in [-0.05, 0) is 68.1 Å². The third-order valence-electron chi connectivity index (χ3n) is 6.91. The first-order valence-corrected chi connectivity index (χ1v) is 10.8. The fraction of sp³-hybridized carbons (Fsp3) is 0.708. The largest absolute Gasteiger partial charge is 0.478 e. The molecule has 27 heavy (non-hydrogen) atoms. The molecule has 0 bridgehead atoms. The lowest BCUT2D eigenvalue weighted by Gasteiger charge is -2.52. The summed E-state index contributed by atoms with van der Waals surface area (Å²) in [5.41, 5.74) is 1.47. The van der Waals surface area contributed by atoms with E-state index >= 15 is 0 Å². The van der Waals surface area contributed by atoms with E-state index in [1.165, 1.54) is 24.5 Å². The number of aliphatic hydroxyl groups is 1. The van der Waals surface area contributed by atoms with Crippen LogP contribution in [0.5, 0.6) is 0 Å². The lowest BCUT2D eigenvalue weighted by Crippen LogP contribution is -2.48. The molecule has 0 amide bonds. The molecule has 0 radical (unpaired) electrons. The highest BCUT2D eigenvalue weighted by atomic mass is 16.4. The van der Waals surface area contributed by atoms with Crippen molar-refractivity contribution in [2.45, 2.75) is 72.3 Å². The summed E-state index contributed by atoms with van der Waals surface area (Å²) < 4.78 is 0. The van der Waals surface area contributed by atoms with Gasteiger partial charge in [-0.25, -0.2) is 4.79 Å². The predicted molar refractivity (Wildman–Crippen MR) is 111 cm³/mol. The van der Waals surface area contributed by atoms with E-state index in [-0.39, 0.29) is 6.10 Å². The van der Waals surface area contributed by atoms with Gasteiger partial charge in [0.1, 0.15) is 0 Å². The Morgan fingerprint density at radius 2 is 1.89 bits per heavy atom. The number of carbonyl (C=O) groups is 1. The Kier molecular flexibility index (Phi) is 8.34. The van der Waals surface area contributed by atoms with Gasteiger partial charge in [0, 0.05) is 6.08 Å². The molecule has 0 aromatic heterocycles. The van der Waals surface area contributed by atoms with E-state index in [1.54, 1.807) is 6.08 Å². The first-order valence-electron chi connectivity index (χ1n) is 10.8. The molecule has 7 atom stereocenters. The number of carboxylic acid groups (broad SMARTS) is 1. The average Bonchev–Trinajstić information content (AvgIpc) is 2.61. The molecule has 2 rings (SSSR count). The second-order valence-electron chi connectivity index (χ2n) is 8.85. The Labute approximate surface area is 165 Å². The number of carboxylic acids is 1. The molecule has 0 aromatic carbocycles. The quantitative estimate of drug-likeness (QED) is 0.263. The molecule has 0 spiro atoms. The molecule has 0 aliphatic heterocycles. The van der Waals surface area contributed by atoms with Gasteiger partial charge in [0.25, 0.3) is 0 Å². The lowest BCUT2D eigenvalue weighted by atomic mass is 9.53. The smallest absolute Gasteiger partial charge is 0.328 e. The highest BCUT2D eigenvalue weighted by Gasteiger charge is 2.48. The second-order valence-corrected chi connectivity index (χ2v) is 8.85. The van der Waals surface area contributed by atoms with Crippen molar-refractivity contribution in [1.29, 1.82) is 0 Å². The molecule has 0 heterocycles. The highest BCUT2D eigenvalue weighted by Crippen LogP contribution is 2.53. The van der Waals surface area contributed by atoms with Crippen LogP contribution >= 0.6 is 0 Å². The van der Waals surface area contributed by atoms with Crippen LogP contribution in [-0.4, -0.2) is 22.3 Å². The monoisotopic (exact) mass is 374 g/mol. The number of allylic oxidation sites excluding steroid dienone is 5. The summed E-state index contributed by atoms with van der Waals surface area (Å²) in [6.07, 6.45) is 15.8. The molecule has 3 heteroatoms. The Morgan fingerprint density at radius 1 is 1.15 bits per heavy atom. The molecule has 0 saturated heterocycles. The zero-order valence-electron chi connectivity index (χ0n) is 17.5. The minimum atomic E-state index is -0.914. The van der Waals surface area contributed by atoms with Crippen molar-refractivity contribution >= 4 is 5.97 Å². The zero-order chi connectivity index (χ0) is 20.0. The fourth-order valence-corrected chi connectivity index (χ4v) is 5.69. The third-order valence-corrected chi connectivity index (χ3v) is 6.91. The minimum Gasteiger partial charge on any atom is -0.478 e. The van der Waals surface area contributed by atoms with Crippen LogP contribution in [0.1, 0.15) is 66.2 Å². The van der Waals surface area contributed by atoms with Crippen molar-refractivity contribution in [1.82, 2.24) is 0 Å². The fourth-order valence-electron chi connectivity index (χ4n) is 5.69. The maximum Gasteiger partial charge on any atom is 0.328 e. The number of aliphatic hydroxyl groups excluding tert-OH is 1. The molecule has 2 aliphatic rings. The number of hydrogen-bond donors (Lipinski definition) is 2. The molecule has 2 saturated carbocycles. The maximum absolute atomic E-state index is 10.8. The summed E-state index contributed by atoms with van der Waals surface area (Å²) >= 11 is 0. The van der Waals surface area contributed by atoms with E-state index in [0.717, 1.165) is 25.7 Å². The first kappa shape index (κ1) is 21.9. The SMILES string of the molecule is CCCCC=C(C)[C@H]1[C@@H](C=CC=CC(=O)O)[C@H]2[C@@H](C[C@H]1C)[C@@H](O)CC[C@@H]2C. The summed E-state index contributed by atoms with van der Waals surface area (Å²) in [6.45, 7) is 9.16. The molecule has 2 aliphatic carbocycles. The molecular formula is C24H38O3. The summed E-state index contributed by atoms with van der Waals surface area (Å²) in [5, 5.41) is 19.5. The Morgan fingerprint density at radius 3 is 2.56 bits per heavy atom. The van der Waals surface area contributed by atoms with E-state index in [1.807, 2.05) is 6.08 Å². The van der Waals surface area contributed by atoms with Gasteiger partial charge in [-0.3, -0.25) is 0 Å². The van der Waals surface area contributed by atoms with Crippen molar-refractivity contribution < 1.29 is 15.0 Å². The number of fused-ring (bicyclic) bond motifs is 1. The maximum atomic E-state index is 10.8. The normalized spacial score (nSPS) is 37.7. The average molecular weight is 375 g/mol. The standard InChI is InChI=1S/C24H38O3/c1-5-6-7-10-16(2)23-18(4)15-20-21(25)14-13-17(3)24(20)19(23)11-8-9-12-22(26)27/h8-12,17-21,23-25H,5-7,13-15H2,1-4H3,(H,26,27)/t17-,18+,19+,20-,21-,23+,24-/m0/s1. The van der Waals surface area contributed by atoms with Crippen LogP contribution in [0.15, 0.2) is 36.0 Å². The second kappa shape index (κ2) is 10.3. The van der Waals surface area contributed by atoms with Gasteiger partial charge in [-0.2, -0.15) is 0 Å². The van der Waals surface area contributed by atoms with E-state index < -0.39 is 5.97 Å². The van der Waals surface area contributed by atoms with Crippen LogP contribution in [0.2, 0.25) is 0 Å². The van der Waals surface area contributed by atoms with Crippen molar-refractivity contribution in [3.63, 3.8) is 0 Å². The third kappa shape index (κ3) is 5.57. The molecular weight excluding hydrogens is 336 g/mol. The summed E-state index contributed by atoms with van der Waals surface area (Å²) in [4.78, 5) is 10.8. The van der Waals surface area contributed by atoms with Crippen LogP contribution in [0.3, 0.4) is 0 Å². The van der Waals surface area contributed by atoms with Crippen molar-refractivity contribution in [3.05, 3.63) is 36.0 Å². The Bertz CT molecular complexity index is 574. The van der Waals surface area contributed by atoms with Gasteiger partial charge in [-0.1, -0.05) is 63.5 Å². The zero-order valence-corrected chi connectivity index (χ0v) is 17.5. The number of hydrogen-bond acceptors (Lipinski definition) is 2. The molecule has 0 aromatic rings. The minimum absolute atomic E-state index is 0.190. The van der Waals surface area contributed by atoms with Crippen LogP contribution in [0.4, 0.5) is 0 Å². The molecule has 2 N–H and O–H groups in total. The van der Waals surface area contributed by atoms with Crippen LogP contribution < -0.4 is 0 Å². The van der Waals surface area contributed by atoms with E-state index in [9.17, 15) is 9.90 Å². The molecule has 3 nitrogen and oxygen atoms in total. The van der Waals surface area contributed by atoms with Gasteiger partial charge in [0.2, 0.25) is 0 Å². The van der Waals surface area contributed by atoms with Gasteiger partial charge in [0.15, 0.2) is 0 Å². The molecule has 2 fully saturated rings. The number of rotatable bonds is 7. The van der Waals surface area contributed by atoms with E-state index in [2.05, 4.69) is 39.8 Å². The first-order chi connectivity index (χ1) is 12.9. The Balaban J connectivity index is 2.33. The van der Waals surface area contributed by atoms with Gasteiger partial charge in [0.05, 0.1) is 6.10 Å². The van der Waals surface area contributed by atoms with Crippen molar-refractivity contribution in [2.75, 3.05) is 0 Å². The lowest BCUT2D eigenvalue weighted by molar-refractivity contribution is -0.131. The predicted octanol–water partition coefficient (Wildman–Crippen LogP) is 5.62. The Hall–Kier alpha value is -1.35. The summed E-state index contributed by atoms with van der Waals surface area (Å²) in [7, 11) is 0.